The topological polar surface area (TPSA) is 126 Å². The normalized spacial score (nSPS) is 9.65. The lowest BCUT2D eigenvalue weighted by molar-refractivity contribution is -0.134. The zero-order chi connectivity index (χ0) is 14.4. The molecule has 2 atom stereocenters. The van der Waals surface area contributed by atoms with E-state index in [9.17, 15) is 19.2 Å². The van der Waals surface area contributed by atoms with Crippen molar-refractivity contribution in [2.45, 2.75) is 55.3 Å². The molecule has 0 fully saturated rings. The van der Waals surface area contributed by atoms with Gasteiger partial charge < -0.3 is 15.0 Å². The molecule has 0 saturated heterocycles. The van der Waals surface area contributed by atoms with Crippen LogP contribution in [0.3, 0.4) is 0 Å². The van der Waals surface area contributed by atoms with Crippen molar-refractivity contribution in [2.75, 3.05) is 0 Å². The van der Waals surface area contributed by atoms with Crippen LogP contribution in [0.2, 0.25) is 0 Å². The number of Topliss-reactive ketones (excluding diaryl/α,β-unsaturated/α-hetero) is 2. The van der Waals surface area contributed by atoms with Gasteiger partial charge in [-0.1, -0.05) is 22.3 Å². The predicted molar refractivity (Wildman–Crippen MR) is 77.4 cm³/mol. The van der Waals surface area contributed by atoms with Gasteiger partial charge in [0.25, 0.3) is 0 Å². The Labute approximate surface area is 121 Å². The quantitative estimate of drug-likeness (QED) is 0.436. The second-order valence-corrected chi connectivity index (χ2v) is 2.62. The molecule has 0 aromatic heterocycles. The van der Waals surface area contributed by atoms with E-state index in [1.807, 2.05) is 0 Å². The van der Waals surface area contributed by atoms with Gasteiger partial charge in [-0.25, -0.2) is 0 Å². The highest BCUT2D eigenvalue weighted by Gasteiger charge is 2.04. The number of aliphatic hydroxyl groups is 2. The van der Waals surface area contributed by atoms with Crippen LogP contribution >= 0.6 is 0 Å². The lowest BCUT2D eigenvalue weighted by Crippen LogP contribution is -2.17. The Kier molecular flexibility index (Phi) is 47.0. The van der Waals surface area contributed by atoms with Crippen LogP contribution in [0.15, 0.2) is 0 Å². The van der Waals surface area contributed by atoms with Crippen molar-refractivity contribution in [3.63, 3.8) is 0 Å². The Morgan fingerprint density at radius 2 is 1.30 bits per heavy atom. The zero-order valence-electron chi connectivity index (χ0n) is 9.82. The first kappa shape index (κ1) is 36.2. The number of hydrogen-bond donors (Lipinski definition) is 2. The number of rotatable bonds is 4. The largest absolute Gasteiger partial charge is 0.385 e. The SMILES string of the molecule is C.C.C.CC(=O)C(O)C=O.CC(O)C(=O)C=O.CC=O. The molecule has 0 rings (SSSR count). The van der Waals surface area contributed by atoms with Crippen LogP contribution in [0.25, 0.3) is 0 Å². The third-order valence-corrected chi connectivity index (χ3v) is 1.07. The van der Waals surface area contributed by atoms with Crippen molar-refractivity contribution in [2.24, 2.45) is 0 Å². The van der Waals surface area contributed by atoms with Gasteiger partial charge in [0, 0.05) is 0 Å². The summed E-state index contributed by atoms with van der Waals surface area (Å²) >= 11 is 0. The minimum Gasteiger partial charge on any atom is -0.385 e. The Bertz CT molecular complexity index is 259. The molecular weight excluding hydrogens is 268 g/mol. The molecule has 2 N–H and O–H groups in total. The van der Waals surface area contributed by atoms with Crippen LogP contribution in [0, 0.1) is 0 Å². The zero-order valence-corrected chi connectivity index (χ0v) is 9.82. The van der Waals surface area contributed by atoms with Crippen molar-refractivity contribution in [1.29, 1.82) is 0 Å². The fraction of sp³-hybridized carbons (Fsp3) is 0.615. The van der Waals surface area contributed by atoms with Crippen molar-refractivity contribution in [3.8, 4) is 0 Å². The van der Waals surface area contributed by atoms with Gasteiger partial charge in [0.05, 0.1) is 0 Å². The highest BCUT2D eigenvalue weighted by Crippen LogP contribution is 1.75. The smallest absolute Gasteiger partial charge is 0.223 e. The fourth-order valence-electron chi connectivity index (χ4n) is 0.194. The summed E-state index contributed by atoms with van der Waals surface area (Å²) in [5, 5.41) is 16.5. The third kappa shape index (κ3) is 36.0. The van der Waals surface area contributed by atoms with Crippen LogP contribution in [0.4, 0.5) is 0 Å². The molecule has 7 heteroatoms. The van der Waals surface area contributed by atoms with E-state index in [4.69, 9.17) is 15.0 Å². The molecule has 0 heterocycles. The lowest BCUT2D eigenvalue weighted by Gasteiger charge is -1.89. The van der Waals surface area contributed by atoms with Gasteiger partial charge in [-0.2, -0.15) is 0 Å². The number of hydrogen-bond acceptors (Lipinski definition) is 7. The minimum absolute atomic E-state index is 0. The van der Waals surface area contributed by atoms with Crippen LogP contribution in [0.1, 0.15) is 43.1 Å². The summed E-state index contributed by atoms with van der Waals surface area (Å²) < 4.78 is 0. The maximum Gasteiger partial charge on any atom is 0.223 e. The van der Waals surface area contributed by atoms with E-state index in [1.165, 1.54) is 13.8 Å². The third-order valence-electron chi connectivity index (χ3n) is 1.07. The van der Waals surface area contributed by atoms with Gasteiger partial charge in [0.15, 0.2) is 24.5 Å². The maximum atomic E-state index is 9.89. The highest BCUT2D eigenvalue weighted by molar-refractivity contribution is 6.26. The fourth-order valence-corrected chi connectivity index (χ4v) is 0.194. The minimum atomic E-state index is -1.42. The van der Waals surface area contributed by atoms with E-state index in [0.29, 0.717) is 0 Å². The van der Waals surface area contributed by atoms with Crippen LogP contribution in [0.5, 0.6) is 0 Å². The first-order valence-corrected chi connectivity index (χ1v) is 4.49. The van der Waals surface area contributed by atoms with Crippen molar-refractivity contribution in [3.05, 3.63) is 0 Å². The monoisotopic (exact) mass is 296 g/mol. The van der Waals surface area contributed by atoms with Crippen molar-refractivity contribution < 1.29 is 34.2 Å². The van der Waals surface area contributed by atoms with Crippen LogP contribution in [-0.2, 0) is 24.0 Å². The van der Waals surface area contributed by atoms with Crippen LogP contribution in [-0.4, -0.2) is 52.8 Å². The molecule has 0 aromatic rings. The molecular formula is C13H28O7. The Hall–Kier alpha value is -1.73. The second kappa shape index (κ2) is 26.0. The van der Waals surface area contributed by atoms with Crippen molar-refractivity contribution >= 4 is 30.4 Å². The van der Waals surface area contributed by atoms with Gasteiger partial charge in [-0.05, 0) is 20.8 Å². The number of carbonyl (C=O) groups excluding carboxylic acids is 5. The van der Waals surface area contributed by atoms with E-state index in [1.54, 1.807) is 0 Å². The summed E-state index contributed by atoms with van der Waals surface area (Å²) in [5.41, 5.74) is 0. The molecule has 2 unspecified atom stereocenters. The Balaban J connectivity index is -0.0000000364. The highest BCUT2D eigenvalue weighted by atomic mass is 16.3. The average Bonchev–Trinajstić information content (AvgIpc) is 2.28. The second-order valence-electron chi connectivity index (χ2n) is 2.62. The Morgan fingerprint density at radius 3 is 1.30 bits per heavy atom. The maximum absolute atomic E-state index is 9.89. The molecule has 0 spiro atoms. The van der Waals surface area contributed by atoms with Crippen LogP contribution < -0.4 is 0 Å². The Morgan fingerprint density at radius 1 is 1.00 bits per heavy atom. The van der Waals surface area contributed by atoms with E-state index >= 15 is 0 Å². The van der Waals surface area contributed by atoms with Crippen molar-refractivity contribution in [1.82, 2.24) is 0 Å². The molecule has 0 saturated carbocycles. The van der Waals surface area contributed by atoms with Gasteiger partial charge in [0.1, 0.15) is 12.4 Å². The summed E-state index contributed by atoms with van der Waals surface area (Å²) in [6.07, 6.45) is -1.51. The van der Waals surface area contributed by atoms with Gasteiger partial charge in [0.2, 0.25) is 5.78 Å². The molecule has 0 aromatic carbocycles. The number of carbonyl (C=O) groups is 5. The summed E-state index contributed by atoms with van der Waals surface area (Å²) in [7, 11) is 0. The molecule has 0 amide bonds. The summed E-state index contributed by atoms with van der Waals surface area (Å²) in [6, 6.07) is 0. The first-order chi connectivity index (χ1) is 7.78. The summed E-state index contributed by atoms with van der Waals surface area (Å²) in [6.45, 7) is 3.84. The van der Waals surface area contributed by atoms with Gasteiger partial charge >= 0.3 is 0 Å². The lowest BCUT2D eigenvalue weighted by atomic mass is 10.3. The van der Waals surface area contributed by atoms with Gasteiger partial charge in [-0.15, -0.1) is 0 Å². The predicted octanol–water partition coefficient (Wildman–Crippen LogP) is 0.384. The molecule has 0 aliphatic rings. The molecule has 0 aliphatic heterocycles. The van der Waals surface area contributed by atoms with E-state index in [0.717, 1.165) is 13.2 Å². The summed E-state index contributed by atoms with van der Waals surface area (Å²) in [5.74, 6) is -1.30. The van der Waals surface area contributed by atoms with E-state index < -0.39 is 23.8 Å². The first-order valence-electron chi connectivity index (χ1n) is 4.49. The number of aldehydes is 3. The molecule has 0 aliphatic carbocycles. The molecule has 122 valence electrons. The number of aliphatic hydroxyl groups excluding tert-OH is 2. The molecule has 7 nitrogen and oxygen atoms in total. The standard InChI is InChI=1S/2C4H6O3.C2H4O.3CH4/c2*1-3(6)4(7)2-5;1-2-3;;;/h2,4,7H,1H3;2-3,6H,1H3;2H,1H3;3*1H4. The van der Waals surface area contributed by atoms with E-state index in [-0.39, 0.29) is 34.9 Å². The molecule has 0 radical (unpaired) electrons. The average molecular weight is 296 g/mol. The molecule has 0 bridgehead atoms. The van der Waals surface area contributed by atoms with Gasteiger partial charge in [-0.3, -0.25) is 19.2 Å². The number of ketones is 2. The molecule has 20 heavy (non-hydrogen) atoms. The summed E-state index contributed by atoms with van der Waals surface area (Å²) in [4.78, 5) is 47.5. The van der Waals surface area contributed by atoms with E-state index in [2.05, 4.69) is 0 Å².